The minimum Gasteiger partial charge on any atom is -0.337 e. The Hall–Kier alpha value is -2.73. The lowest BCUT2D eigenvalue weighted by atomic mass is 9.97. The van der Waals surface area contributed by atoms with Gasteiger partial charge in [0.2, 0.25) is 5.91 Å². The predicted octanol–water partition coefficient (Wildman–Crippen LogP) is 4.21. The summed E-state index contributed by atoms with van der Waals surface area (Å²) in [6.45, 7) is 9.55. The van der Waals surface area contributed by atoms with Gasteiger partial charge in [0, 0.05) is 37.8 Å². The van der Waals surface area contributed by atoms with Crippen LogP contribution in [0.25, 0.3) is 10.8 Å². The van der Waals surface area contributed by atoms with Crippen molar-refractivity contribution in [2.45, 2.75) is 64.6 Å². The fourth-order valence-electron chi connectivity index (χ4n) is 5.66. The number of rotatable bonds is 9. The number of amides is 1. The van der Waals surface area contributed by atoms with E-state index in [1.807, 2.05) is 12.1 Å². The Morgan fingerprint density at radius 2 is 1.81 bits per heavy atom. The number of aryl methyl sites for hydroxylation is 2. The Bertz CT molecular complexity index is 1180. The number of hydrogen-bond acceptors (Lipinski definition) is 4. The minimum atomic E-state index is 0.0545. The van der Waals surface area contributed by atoms with Gasteiger partial charge in [0.1, 0.15) is 0 Å². The summed E-state index contributed by atoms with van der Waals surface area (Å²) < 4.78 is 0. The highest BCUT2D eigenvalue weighted by atomic mass is 16.2. The molecular formula is C31H42N4O. The standard InChI is InChI=1S/C31H42N4O/c1-22-10-12-27(23(2)15-22)18-29(33)20-34-19-24(3)35(21-30(34)9-6-14-32)31(36)17-25-11-13-26-7-4-5-8-28(26)16-25/h4-5,7-8,10-13,15-16,24,29-30H,6,9,14,17-21,32-33H2,1-3H3/t24-,29?,30+/m1/s1. The molecule has 1 aliphatic rings. The molecule has 3 atom stereocenters. The normalized spacial score (nSPS) is 19.5. The zero-order valence-electron chi connectivity index (χ0n) is 22.1. The molecule has 5 nitrogen and oxygen atoms in total. The molecule has 4 N–H and O–H groups in total. The van der Waals surface area contributed by atoms with Gasteiger partial charge in [0.15, 0.2) is 0 Å². The monoisotopic (exact) mass is 486 g/mol. The summed E-state index contributed by atoms with van der Waals surface area (Å²) in [5.74, 6) is 0.203. The highest BCUT2D eigenvalue weighted by Crippen LogP contribution is 2.22. The molecule has 36 heavy (non-hydrogen) atoms. The van der Waals surface area contributed by atoms with E-state index in [4.69, 9.17) is 11.5 Å². The third-order valence-electron chi connectivity index (χ3n) is 7.63. The lowest BCUT2D eigenvalue weighted by molar-refractivity contribution is -0.136. The van der Waals surface area contributed by atoms with E-state index in [-0.39, 0.29) is 24.0 Å². The average molecular weight is 487 g/mol. The van der Waals surface area contributed by atoms with Crippen LogP contribution in [0.5, 0.6) is 0 Å². The summed E-state index contributed by atoms with van der Waals surface area (Å²) in [6.07, 6.45) is 3.24. The summed E-state index contributed by atoms with van der Waals surface area (Å²) in [4.78, 5) is 18.0. The molecule has 1 fully saturated rings. The van der Waals surface area contributed by atoms with Gasteiger partial charge in [-0.25, -0.2) is 0 Å². The Kier molecular flexibility index (Phi) is 8.78. The molecule has 5 heteroatoms. The second-order valence-electron chi connectivity index (χ2n) is 10.7. The maximum absolute atomic E-state index is 13.4. The molecule has 1 heterocycles. The first-order chi connectivity index (χ1) is 17.3. The number of carbonyl (C=O) groups is 1. The largest absolute Gasteiger partial charge is 0.337 e. The molecule has 1 unspecified atom stereocenters. The Balaban J connectivity index is 1.41. The number of hydrogen-bond donors (Lipinski definition) is 2. The van der Waals surface area contributed by atoms with Gasteiger partial charge in [-0.3, -0.25) is 9.69 Å². The maximum Gasteiger partial charge on any atom is 0.227 e. The van der Waals surface area contributed by atoms with Crippen LogP contribution in [0, 0.1) is 13.8 Å². The summed E-state index contributed by atoms with van der Waals surface area (Å²) in [5.41, 5.74) is 17.5. The van der Waals surface area contributed by atoms with Gasteiger partial charge in [-0.1, -0.05) is 66.2 Å². The van der Waals surface area contributed by atoms with Crippen molar-refractivity contribution in [2.75, 3.05) is 26.2 Å². The molecule has 3 aromatic rings. The van der Waals surface area contributed by atoms with E-state index < -0.39 is 0 Å². The fraction of sp³-hybridized carbons (Fsp3) is 0.452. The summed E-state index contributed by atoms with van der Waals surface area (Å²) in [7, 11) is 0. The van der Waals surface area contributed by atoms with Crippen LogP contribution in [0.15, 0.2) is 60.7 Å². The molecule has 192 valence electrons. The van der Waals surface area contributed by atoms with E-state index in [0.29, 0.717) is 13.0 Å². The molecule has 4 rings (SSSR count). The number of carbonyl (C=O) groups excluding carboxylic acids is 1. The third-order valence-corrected chi connectivity index (χ3v) is 7.63. The van der Waals surface area contributed by atoms with Crippen LogP contribution >= 0.6 is 0 Å². The lowest BCUT2D eigenvalue weighted by Gasteiger charge is -2.46. The van der Waals surface area contributed by atoms with Gasteiger partial charge >= 0.3 is 0 Å². The number of piperazine rings is 1. The zero-order valence-corrected chi connectivity index (χ0v) is 22.1. The number of nitrogens with zero attached hydrogens (tertiary/aromatic N) is 2. The van der Waals surface area contributed by atoms with Gasteiger partial charge in [-0.05, 0) is 74.0 Å². The quantitative estimate of drug-likeness (QED) is 0.475. The molecular weight excluding hydrogens is 444 g/mol. The van der Waals surface area contributed by atoms with E-state index in [1.54, 1.807) is 0 Å². The van der Waals surface area contributed by atoms with E-state index in [2.05, 4.69) is 79.1 Å². The van der Waals surface area contributed by atoms with Crippen molar-refractivity contribution in [3.8, 4) is 0 Å². The Labute approximate surface area is 216 Å². The van der Waals surface area contributed by atoms with Crippen molar-refractivity contribution in [3.05, 3.63) is 82.9 Å². The van der Waals surface area contributed by atoms with E-state index in [9.17, 15) is 4.79 Å². The van der Waals surface area contributed by atoms with Crippen LogP contribution in [0.1, 0.15) is 42.0 Å². The molecule has 0 aliphatic carbocycles. The summed E-state index contributed by atoms with van der Waals surface area (Å²) >= 11 is 0. The number of fused-ring (bicyclic) bond motifs is 1. The maximum atomic E-state index is 13.4. The van der Waals surface area contributed by atoms with Crippen molar-refractivity contribution < 1.29 is 4.79 Å². The van der Waals surface area contributed by atoms with Crippen molar-refractivity contribution in [2.24, 2.45) is 11.5 Å². The molecule has 3 aromatic carbocycles. The first-order valence-electron chi connectivity index (χ1n) is 13.4. The van der Waals surface area contributed by atoms with Gasteiger partial charge in [-0.15, -0.1) is 0 Å². The predicted molar refractivity (Wildman–Crippen MR) is 150 cm³/mol. The highest BCUT2D eigenvalue weighted by Gasteiger charge is 2.34. The third kappa shape index (κ3) is 6.52. The smallest absolute Gasteiger partial charge is 0.227 e. The van der Waals surface area contributed by atoms with Crippen molar-refractivity contribution >= 4 is 16.7 Å². The van der Waals surface area contributed by atoms with Crippen LogP contribution in [0.2, 0.25) is 0 Å². The molecule has 1 amide bonds. The van der Waals surface area contributed by atoms with E-state index >= 15 is 0 Å². The number of nitrogens with two attached hydrogens (primary N) is 2. The van der Waals surface area contributed by atoms with Gasteiger partial charge in [0.25, 0.3) is 0 Å². The van der Waals surface area contributed by atoms with Crippen LogP contribution in [-0.2, 0) is 17.6 Å². The van der Waals surface area contributed by atoms with Gasteiger partial charge in [-0.2, -0.15) is 0 Å². The van der Waals surface area contributed by atoms with Crippen LogP contribution in [-0.4, -0.2) is 60.0 Å². The molecule has 0 bridgehead atoms. The second kappa shape index (κ2) is 12.0. The zero-order chi connectivity index (χ0) is 25.7. The Morgan fingerprint density at radius 3 is 2.56 bits per heavy atom. The first kappa shape index (κ1) is 26.3. The average Bonchev–Trinajstić information content (AvgIpc) is 2.85. The van der Waals surface area contributed by atoms with E-state index in [0.717, 1.165) is 44.5 Å². The summed E-state index contributed by atoms with van der Waals surface area (Å²) in [6, 6.07) is 21.7. The highest BCUT2D eigenvalue weighted by molar-refractivity contribution is 5.85. The molecule has 0 radical (unpaired) electrons. The van der Waals surface area contributed by atoms with Crippen molar-refractivity contribution in [1.82, 2.24) is 9.80 Å². The van der Waals surface area contributed by atoms with Gasteiger partial charge in [0.05, 0.1) is 6.42 Å². The van der Waals surface area contributed by atoms with E-state index in [1.165, 1.54) is 27.5 Å². The first-order valence-corrected chi connectivity index (χ1v) is 13.4. The lowest BCUT2D eigenvalue weighted by Crippen LogP contribution is -2.61. The van der Waals surface area contributed by atoms with Crippen molar-refractivity contribution in [1.29, 1.82) is 0 Å². The summed E-state index contributed by atoms with van der Waals surface area (Å²) in [5, 5.41) is 2.38. The minimum absolute atomic E-state index is 0.0545. The molecule has 0 saturated carbocycles. The molecule has 1 aliphatic heterocycles. The van der Waals surface area contributed by atoms with Crippen LogP contribution in [0.3, 0.4) is 0 Å². The molecule has 0 spiro atoms. The SMILES string of the molecule is Cc1ccc(CC(N)CN2C[C@@H](C)N(C(=O)Cc3ccc4ccccc4c3)C[C@@H]2CCCN)c(C)c1. The fourth-order valence-corrected chi connectivity index (χ4v) is 5.66. The molecule has 1 saturated heterocycles. The van der Waals surface area contributed by atoms with Crippen LogP contribution in [0.4, 0.5) is 0 Å². The van der Waals surface area contributed by atoms with Gasteiger partial charge < -0.3 is 16.4 Å². The van der Waals surface area contributed by atoms with Crippen LogP contribution < -0.4 is 11.5 Å². The molecule has 0 aromatic heterocycles. The topological polar surface area (TPSA) is 75.6 Å². The second-order valence-corrected chi connectivity index (χ2v) is 10.7. The number of benzene rings is 3. The van der Waals surface area contributed by atoms with Crippen molar-refractivity contribution in [3.63, 3.8) is 0 Å². The Morgan fingerprint density at radius 1 is 1.03 bits per heavy atom.